The Morgan fingerprint density at radius 2 is 1.88 bits per heavy atom. The van der Waals surface area contributed by atoms with E-state index in [2.05, 4.69) is 0 Å². The molecule has 1 saturated heterocycles. The van der Waals surface area contributed by atoms with Crippen LogP contribution in [0.2, 0.25) is 0 Å². The standard InChI is InChI=1S/C20H27FO4/c1-20(2,3)25-18(22)11-14-10-15(21)12-17(19(14)13-4-5-13)24-16-6-8-23-9-7-16/h10,12-13,16H,4-9,11H2,1-3H3. The quantitative estimate of drug-likeness (QED) is 0.749. The zero-order valence-corrected chi connectivity index (χ0v) is 15.3. The Bertz CT molecular complexity index is 625. The Labute approximate surface area is 148 Å². The highest BCUT2D eigenvalue weighted by atomic mass is 19.1. The van der Waals surface area contributed by atoms with Gasteiger partial charge in [-0.1, -0.05) is 0 Å². The van der Waals surface area contributed by atoms with Crippen LogP contribution in [0.25, 0.3) is 0 Å². The number of halogens is 1. The molecule has 0 radical (unpaired) electrons. The average molecular weight is 350 g/mol. The van der Waals surface area contributed by atoms with E-state index in [-0.39, 0.29) is 24.3 Å². The van der Waals surface area contributed by atoms with Gasteiger partial charge in [0.1, 0.15) is 23.3 Å². The van der Waals surface area contributed by atoms with Gasteiger partial charge in [0.2, 0.25) is 0 Å². The molecule has 4 nitrogen and oxygen atoms in total. The first-order valence-electron chi connectivity index (χ1n) is 9.10. The first-order valence-corrected chi connectivity index (χ1v) is 9.10. The van der Waals surface area contributed by atoms with Gasteiger partial charge in [-0.05, 0) is 51.2 Å². The topological polar surface area (TPSA) is 44.8 Å². The zero-order valence-electron chi connectivity index (χ0n) is 15.3. The predicted molar refractivity (Wildman–Crippen MR) is 92.4 cm³/mol. The molecule has 1 saturated carbocycles. The van der Waals surface area contributed by atoms with Crippen LogP contribution in [0.3, 0.4) is 0 Å². The maximum absolute atomic E-state index is 14.2. The van der Waals surface area contributed by atoms with Crippen molar-refractivity contribution in [2.24, 2.45) is 0 Å². The van der Waals surface area contributed by atoms with Crippen LogP contribution in [0.5, 0.6) is 5.75 Å². The summed E-state index contributed by atoms with van der Waals surface area (Å²) in [6.45, 7) is 6.83. The molecular weight excluding hydrogens is 323 g/mol. The van der Waals surface area contributed by atoms with Gasteiger partial charge >= 0.3 is 5.97 Å². The summed E-state index contributed by atoms with van der Waals surface area (Å²) in [6.07, 6.45) is 3.84. The van der Waals surface area contributed by atoms with E-state index in [4.69, 9.17) is 14.2 Å². The molecule has 138 valence electrons. The van der Waals surface area contributed by atoms with Crippen LogP contribution in [0, 0.1) is 5.82 Å². The van der Waals surface area contributed by atoms with Gasteiger partial charge < -0.3 is 14.2 Å². The highest BCUT2D eigenvalue weighted by Gasteiger charge is 2.32. The maximum atomic E-state index is 14.2. The van der Waals surface area contributed by atoms with Crippen molar-refractivity contribution < 1.29 is 23.4 Å². The predicted octanol–water partition coefficient (Wildman–Crippen LogP) is 4.15. The number of esters is 1. The lowest BCUT2D eigenvalue weighted by molar-refractivity contribution is -0.153. The number of ether oxygens (including phenoxy) is 3. The van der Waals surface area contributed by atoms with Crippen molar-refractivity contribution in [1.82, 2.24) is 0 Å². The Kier molecular flexibility index (Phi) is 5.32. The zero-order chi connectivity index (χ0) is 18.0. The summed E-state index contributed by atoms with van der Waals surface area (Å²) in [5, 5.41) is 0. The molecule has 0 bridgehead atoms. The summed E-state index contributed by atoms with van der Waals surface area (Å²) in [5.41, 5.74) is 1.13. The number of rotatable bonds is 5. The summed E-state index contributed by atoms with van der Waals surface area (Å²) in [4.78, 5) is 12.2. The summed E-state index contributed by atoms with van der Waals surface area (Å²) in [7, 11) is 0. The lowest BCUT2D eigenvalue weighted by atomic mass is 9.98. The Morgan fingerprint density at radius 3 is 2.48 bits per heavy atom. The van der Waals surface area contributed by atoms with Gasteiger partial charge in [-0.2, -0.15) is 0 Å². The van der Waals surface area contributed by atoms with Gasteiger partial charge in [0.25, 0.3) is 0 Å². The smallest absolute Gasteiger partial charge is 0.310 e. The SMILES string of the molecule is CC(C)(C)OC(=O)Cc1cc(F)cc(OC2CCOCC2)c1C1CC1. The van der Waals surface area contributed by atoms with Crippen molar-refractivity contribution in [3.63, 3.8) is 0 Å². The van der Waals surface area contributed by atoms with Gasteiger partial charge in [0.05, 0.1) is 19.6 Å². The number of benzene rings is 1. The molecule has 0 spiro atoms. The molecule has 0 atom stereocenters. The Balaban J connectivity index is 1.83. The average Bonchev–Trinajstić information content (AvgIpc) is 3.30. The van der Waals surface area contributed by atoms with Crippen LogP contribution in [0.15, 0.2) is 12.1 Å². The van der Waals surface area contributed by atoms with Gasteiger partial charge in [-0.3, -0.25) is 4.79 Å². The maximum Gasteiger partial charge on any atom is 0.310 e. The molecule has 2 fully saturated rings. The molecule has 2 aliphatic rings. The van der Waals surface area contributed by atoms with Crippen molar-refractivity contribution in [1.29, 1.82) is 0 Å². The van der Waals surface area contributed by atoms with E-state index >= 15 is 0 Å². The third-order valence-electron chi connectivity index (χ3n) is 4.39. The molecule has 0 amide bonds. The first kappa shape index (κ1) is 18.2. The van der Waals surface area contributed by atoms with Gasteiger partial charge in [0, 0.05) is 24.5 Å². The van der Waals surface area contributed by atoms with Crippen LogP contribution >= 0.6 is 0 Å². The highest BCUT2D eigenvalue weighted by Crippen LogP contribution is 2.47. The van der Waals surface area contributed by atoms with E-state index in [1.807, 2.05) is 20.8 Å². The fourth-order valence-electron chi connectivity index (χ4n) is 3.23. The van der Waals surface area contributed by atoms with Crippen LogP contribution in [-0.4, -0.2) is 30.9 Å². The molecule has 1 aliphatic heterocycles. The molecule has 1 aromatic rings. The lowest BCUT2D eigenvalue weighted by Gasteiger charge is -2.26. The summed E-state index contributed by atoms with van der Waals surface area (Å²) in [6, 6.07) is 2.91. The van der Waals surface area contributed by atoms with Crippen molar-refractivity contribution in [3.05, 3.63) is 29.1 Å². The van der Waals surface area contributed by atoms with E-state index < -0.39 is 5.60 Å². The second-order valence-electron chi connectivity index (χ2n) is 7.94. The summed E-state index contributed by atoms with van der Waals surface area (Å²) < 4.78 is 31.1. The Morgan fingerprint density at radius 1 is 1.20 bits per heavy atom. The van der Waals surface area contributed by atoms with E-state index in [1.54, 1.807) is 0 Å². The Hall–Kier alpha value is -1.62. The van der Waals surface area contributed by atoms with E-state index in [1.165, 1.54) is 12.1 Å². The third kappa shape index (κ3) is 5.18. The highest BCUT2D eigenvalue weighted by molar-refractivity contribution is 5.74. The summed E-state index contributed by atoms with van der Waals surface area (Å²) in [5.74, 6) is 0.239. The minimum atomic E-state index is -0.550. The van der Waals surface area contributed by atoms with Crippen molar-refractivity contribution in [2.75, 3.05) is 13.2 Å². The number of hydrogen-bond acceptors (Lipinski definition) is 4. The monoisotopic (exact) mass is 350 g/mol. The van der Waals surface area contributed by atoms with Crippen molar-refractivity contribution >= 4 is 5.97 Å². The molecule has 5 heteroatoms. The molecule has 0 N–H and O–H groups in total. The van der Waals surface area contributed by atoms with E-state index in [0.717, 1.165) is 31.2 Å². The van der Waals surface area contributed by atoms with Gasteiger partial charge in [0.15, 0.2) is 0 Å². The number of carbonyl (C=O) groups excluding carboxylic acids is 1. The molecule has 25 heavy (non-hydrogen) atoms. The number of hydrogen-bond donors (Lipinski definition) is 0. The molecule has 0 aromatic heterocycles. The fraction of sp³-hybridized carbons (Fsp3) is 0.650. The van der Waals surface area contributed by atoms with Crippen molar-refractivity contribution in [3.8, 4) is 5.75 Å². The van der Waals surface area contributed by atoms with Gasteiger partial charge in [-0.15, -0.1) is 0 Å². The second kappa shape index (κ2) is 7.32. The second-order valence-corrected chi connectivity index (χ2v) is 7.94. The number of carbonyl (C=O) groups is 1. The first-order chi connectivity index (χ1) is 11.8. The lowest BCUT2D eigenvalue weighted by Crippen LogP contribution is -2.27. The normalized spacial score (nSPS) is 18.9. The largest absolute Gasteiger partial charge is 0.490 e. The fourth-order valence-corrected chi connectivity index (χ4v) is 3.23. The minimum Gasteiger partial charge on any atom is -0.490 e. The molecule has 0 unspecified atom stereocenters. The molecule has 3 rings (SSSR count). The molecule has 1 heterocycles. The van der Waals surface area contributed by atoms with Crippen LogP contribution in [0.1, 0.15) is 63.5 Å². The van der Waals surface area contributed by atoms with Crippen LogP contribution in [0.4, 0.5) is 4.39 Å². The van der Waals surface area contributed by atoms with Crippen LogP contribution in [-0.2, 0) is 20.7 Å². The molecular formula is C20H27FO4. The van der Waals surface area contributed by atoms with E-state index in [0.29, 0.717) is 30.4 Å². The van der Waals surface area contributed by atoms with Crippen molar-refractivity contribution in [2.45, 2.75) is 70.5 Å². The third-order valence-corrected chi connectivity index (χ3v) is 4.39. The molecule has 1 aliphatic carbocycles. The van der Waals surface area contributed by atoms with Crippen LogP contribution < -0.4 is 4.74 Å². The molecule has 1 aromatic carbocycles. The van der Waals surface area contributed by atoms with Gasteiger partial charge in [-0.25, -0.2) is 4.39 Å². The summed E-state index contributed by atoms with van der Waals surface area (Å²) >= 11 is 0. The van der Waals surface area contributed by atoms with E-state index in [9.17, 15) is 9.18 Å². The minimum absolute atomic E-state index is 0.0439.